The maximum absolute atomic E-state index is 12.3. The third-order valence-corrected chi connectivity index (χ3v) is 4.22. The normalized spacial score (nSPS) is 11.8. The van der Waals surface area contributed by atoms with E-state index in [-0.39, 0.29) is 18.0 Å². The van der Waals surface area contributed by atoms with Crippen molar-refractivity contribution in [3.05, 3.63) is 59.9 Å². The summed E-state index contributed by atoms with van der Waals surface area (Å²) < 4.78 is 10.5. The van der Waals surface area contributed by atoms with Crippen LogP contribution < -0.4 is 5.32 Å². The molecule has 0 aliphatic carbocycles. The monoisotopic (exact) mass is 381 g/mol. The number of amides is 1. The smallest absolute Gasteiger partial charge is 0.311 e. The van der Waals surface area contributed by atoms with E-state index in [1.165, 1.54) is 32.2 Å². The van der Waals surface area contributed by atoms with Crippen LogP contribution in [0.3, 0.4) is 0 Å². The number of carbonyl (C=O) groups excluding carboxylic acids is 3. The summed E-state index contributed by atoms with van der Waals surface area (Å²) in [5.41, 5.74) is 1.79. The number of phenols is 1. The van der Waals surface area contributed by atoms with Gasteiger partial charge in [0.2, 0.25) is 0 Å². The molecule has 7 heteroatoms. The van der Waals surface area contributed by atoms with Gasteiger partial charge in [0.1, 0.15) is 11.3 Å². The Kier molecular flexibility index (Phi) is 5.44. The van der Waals surface area contributed by atoms with Crippen LogP contribution in [-0.2, 0) is 20.7 Å². The highest BCUT2D eigenvalue weighted by atomic mass is 16.5. The predicted molar refractivity (Wildman–Crippen MR) is 102 cm³/mol. The Labute approximate surface area is 160 Å². The van der Waals surface area contributed by atoms with E-state index in [0.717, 1.165) is 0 Å². The molecule has 1 aromatic heterocycles. The van der Waals surface area contributed by atoms with E-state index in [1.807, 2.05) is 0 Å². The van der Waals surface area contributed by atoms with Crippen LogP contribution in [0.15, 0.2) is 53.1 Å². The molecule has 0 saturated carbocycles. The molecule has 0 radical (unpaired) electrons. The molecule has 7 nitrogen and oxygen atoms in total. The lowest BCUT2D eigenvalue weighted by Gasteiger charge is -2.14. The van der Waals surface area contributed by atoms with Gasteiger partial charge in [0.15, 0.2) is 11.9 Å². The molecule has 2 N–H and O–H groups in total. The second kappa shape index (κ2) is 7.96. The molecule has 1 heterocycles. The lowest BCUT2D eigenvalue weighted by atomic mass is 10.1. The SMILES string of the molecule is CC(=O)c1ccccc1NC(=O)[C@H](C)OC(=O)Cc1coc2cc(O)ccc12. The third kappa shape index (κ3) is 4.20. The van der Waals surface area contributed by atoms with E-state index in [4.69, 9.17) is 9.15 Å². The van der Waals surface area contributed by atoms with Crippen molar-refractivity contribution in [1.29, 1.82) is 0 Å². The molecule has 0 unspecified atom stereocenters. The number of Topliss-reactive ketones (excluding diaryl/α,β-unsaturated/α-hetero) is 1. The predicted octanol–water partition coefficient (Wildman–Crippen LogP) is 3.45. The Morgan fingerprint density at radius 2 is 1.93 bits per heavy atom. The highest BCUT2D eigenvalue weighted by Crippen LogP contribution is 2.25. The zero-order valence-electron chi connectivity index (χ0n) is 15.4. The second-order valence-corrected chi connectivity index (χ2v) is 6.34. The zero-order valence-corrected chi connectivity index (χ0v) is 15.4. The first-order chi connectivity index (χ1) is 13.3. The van der Waals surface area contributed by atoms with E-state index >= 15 is 0 Å². The minimum Gasteiger partial charge on any atom is -0.508 e. The zero-order chi connectivity index (χ0) is 20.3. The number of ether oxygens (including phenoxy) is 1. The minimum atomic E-state index is -1.05. The van der Waals surface area contributed by atoms with Crippen molar-refractivity contribution < 1.29 is 28.6 Å². The molecule has 0 aliphatic rings. The topological polar surface area (TPSA) is 106 Å². The van der Waals surface area contributed by atoms with Crippen molar-refractivity contribution >= 4 is 34.3 Å². The number of anilines is 1. The summed E-state index contributed by atoms with van der Waals surface area (Å²) in [4.78, 5) is 36.2. The van der Waals surface area contributed by atoms with Crippen molar-refractivity contribution in [3.8, 4) is 5.75 Å². The number of para-hydroxylation sites is 1. The number of hydrogen-bond donors (Lipinski definition) is 2. The van der Waals surface area contributed by atoms with Gasteiger partial charge >= 0.3 is 5.97 Å². The van der Waals surface area contributed by atoms with E-state index < -0.39 is 18.0 Å². The van der Waals surface area contributed by atoms with Crippen molar-refractivity contribution in [3.63, 3.8) is 0 Å². The van der Waals surface area contributed by atoms with Crippen LogP contribution >= 0.6 is 0 Å². The molecule has 0 saturated heterocycles. The van der Waals surface area contributed by atoms with Crippen LogP contribution in [-0.4, -0.2) is 28.9 Å². The summed E-state index contributed by atoms with van der Waals surface area (Å²) in [5.74, 6) is -1.26. The number of benzene rings is 2. The summed E-state index contributed by atoms with van der Waals surface area (Å²) in [5, 5.41) is 12.8. The van der Waals surface area contributed by atoms with Crippen molar-refractivity contribution in [1.82, 2.24) is 0 Å². The van der Waals surface area contributed by atoms with E-state index in [1.54, 1.807) is 30.3 Å². The Balaban J connectivity index is 1.63. The van der Waals surface area contributed by atoms with E-state index in [0.29, 0.717) is 27.8 Å². The maximum Gasteiger partial charge on any atom is 0.311 e. The molecule has 0 bridgehead atoms. The Bertz CT molecular complexity index is 1050. The van der Waals surface area contributed by atoms with E-state index in [2.05, 4.69) is 5.32 Å². The number of nitrogens with one attached hydrogen (secondary N) is 1. The van der Waals surface area contributed by atoms with Crippen LogP contribution in [0.1, 0.15) is 29.8 Å². The molecule has 3 rings (SSSR count). The van der Waals surface area contributed by atoms with Crippen LogP contribution in [0.2, 0.25) is 0 Å². The summed E-state index contributed by atoms with van der Waals surface area (Å²) in [6.45, 7) is 2.86. The fraction of sp³-hybridized carbons (Fsp3) is 0.190. The molecule has 2 aromatic carbocycles. The number of rotatable bonds is 6. The van der Waals surface area contributed by atoms with Gasteiger partial charge in [0.25, 0.3) is 5.91 Å². The summed E-state index contributed by atoms with van der Waals surface area (Å²) in [7, 11) is 0. The summed E-state index contributed by atoms with van der Waals surface area (Å²) in [6, 6.07) is 11.2. The largest absolute Gasteiger partial charge is 0.508 e. The van der Waals surface area contributed by atoms with Gasteiger partial charge in [-0.2, -0.15) is 0 Å². The van der Waals surface area contributed by atoms with Gasteiger partial charge < -0.3 is 19.6 Å². The summed E-state index contributed by atoms with van der Waals surface area (Å²) in [6.07, 6.45) is 0.285. The first-order valence-electron chi connectivity index (χ1n) is 8.64. The number of aromatic hydroxyl groups is 1. The van der Waals surface area contributed by atoms with Gasteiger partial charge in [0, 0.05) is 22.6 Å². The van der Waals surface area contributed by atoms with Gasteiger partial charge in [-0.1, -0.05) is 12.1 Å². The highest BCUT2D eigenvalue weighted by Gasteiger charge is 2.21. The molecule has 0 fully saturated rings. The number of carbonyl (C=O) groups is 3. The second-order valence-electron chi connectivity index (χ2n) is 6.34. The molecular formula is C21H19NO6. The van der Waals surface area contributed by atoms with Gasteiger partial charge in [-0.25, -0.2) is 0 Å². The molecule has 1 amide bonds. The lowest BCUT2D eigenvalue weighted by molar-refractivity contribution is -0.152. The maximum atomic E-state index is 12.3. The molecule has 0 spiro atoms. The molecule has 0 aliphatic heterocycles. The average Bonchev–Trinajstić information content (AvgIpc) is 3.03. The molecule has 28 heavy (non-hydrogen) atoms. The van der Waals surface area contributed by atoms with Gasteiger partial charge in [-0.3, -0.25) is 14.4 Å². The molecule has 144 valence electrons. The minimum absolute atomic E-state index is 0.0621. The Morgan fingerprint density at radius 3 is 2.68 bits per heavy atom. The van der Waals surface area contributed by atoms with Gasteiger partial charge in [-0.05, 0) is 38.1 Å². The van der Waals surface area contributed by atoms with Crippen molar-refractivity contribution in [2.24, 2.45) is 0 Å². The Hall–Kier alpha value is -3.61. The van der Waals surface area contributed by atoms with Crippen LogP contribution in [0, 0.1) is 0 Å². The number of fused-ring (bicyclic) bond motifs is 1. The first-order valence-corrected chi connectivity index (χ1v) is 8.64. The number of phenolic OH excluding ortho intramolecular Hbond substituents is 1. The fourth-order valence-corrected chi connectivity index (χ4v) is 2.79. The first kappa shape index (κ1) is 19.2. The quantitative estimate of drug-likeness (QED) is 0.500. The van der Waals surface area contributed by atoms with Crippen LogP contribution in [0.4, 0.5) is 5.69 Å². The van der Waals surface area contributed by atoms with Crippen molar-refractivity contribution in [2.45, 2.75) is 26.4 Å². The molecule has 1 atom stereocenters. The molecule has 3 aromatic rings. The van der Waals surface area contributed by atoms with E-state index in [9.17, 15) is 19.5 Å². The Morgan fingerprint density at radius 1 is 1.18 bits per heavy atom. The highest BCUT2D eigenvalue weighted by molar-refractivity contribution is 6.04. The van der Waals surface area contributed by atoms with Crippen molar-refractivity contribution in [2.75, 3.05) is 5.32 Å². The number of hydrogen-bond acceptors (Lipinski definition) is 6. The van der Waals surface area contributed by atoms with Crippen LogP contribution in [0.25, 0.3) is 11.0 Å². The lowest BCUT2D eigenvalue weighted by Crippen LogP contribution is -2.31. The number of ketones is 1. The van der Waals surface area contributed by atoms with Crippen LogP contribution in [0.5, 0.6) is 5.75 Å². The summed E-state index contributed by atoms with van der Waals surface area (Å²) >= 11 is 0. The fourth-order valence-electron chi connectivity index (χ4n) is 2.79. The molecular weight excluding hydrogens is 362 g/mol. The number of furan rings is 1. The van der Waals surface area contributed by atoms with Gasteiger partial charge in [-0.15, -0.1) is 0 Å². The standard InChI is InChI=1S/C21H19NO6/c1-12(23)16-5-3-4-6-18(16)22-21(26)13(2)28-20(25)9-14-11-27-19-10-15(24)7-8-17(14)19/h3-8,10-11,13,24H,9H2,1-2H3,(H,22,26)/t13-/m0/s1. The van der Waals surface area contributed by atoms with Gasteiger partial charge in [0.05, 0.1) is 18.4 Å². The third-order valence-electron chi connectivity index (χ3n) is 4.22. The number of esters is 1. The average molecular weight is 381 g/mol.